The molecule has 0 aliphatic heterocycles. The Morgan fingerprint density at radius 1 is 1.00 bits per heavy atom. The fraction of sp³-hybridized carbons (Fsp3) is 0.0556. The van der Waals surface area contributed by atoms with Crippen molar-refractivity contribution in [2.45, 2.75) is 6.42 Å². The molecule has 2 aromatic carbocycles. The van der Waals surface area contributed by atoms with E-state index in [1.54, 1.807) is 6.07 Å². The van der Waals surface area contributed by atoms with Crippen LogP contribution in [-0.4, -0.2) is 22.9 Å². The molecule has 0 spiro atoms. The molecule has 0 radical (unpaired) electrons. The molecule has 0 fully saturated rings. The van der Waals surface area contributed by atoms with Gasteiger partial charge in [0.05, 0.1) is 17.1 Å². The van der Waals surface area contributed by atoms with E-state index in [1.807, 2.05) is 30.3 Å². The second kappa shape index (κ2) is 8.65. The van der Waals surface area contributed by atoms with Gasteiger partial charge in [0.1, 0.15) is 0 Å². The van der Waals surface area contributed by atoms with E-state index in [-0.39, 0.29) is 12.3 Å². The first-order valence-corrected chi connectivity index (χ1v) is 7.67. The van der Waals surface area contributed by atoms with Crippen molar-refractivity contribution in [3.05, 3.63) is 71.3 Å². The van der Waals surface area contributed by atoms with Crippen molar-refractivity contribution in [2.75, 3.05) is 10.6 Å². The van der Waals surface area contributed by atoms with E-state index in [1.165, 1.54) is 12.1 Å². The number of hydrogen-bond acceptors (Lipinski definition) is 3. The summed E-state index contributed by atoms with van der Waals surface area (Å²) in [5.74, 6) is -2.08. The Bertz CT molecular complexity index is 819. The van der Waals surface area contributed by atoms with Gasteiger partial charge in [0.2, 0.25) is 11.8 Å². The van der Waals surface area contributed by atoms with Crippen LogP contribution in [0.3, 0.4) is 0 Å². The first kappa shape index (κ1) is 18.2. The minimum Gasteiger partial charge on any atom is -0.478 e. The summed E-state index contributed by atoms with van der Waals surface area (Å²) in [6, 6.07) is 13.8. The SMILES string of the molecule is O=C(O)C=CC(=O)Nc1ccc(Cl)c(NC(=O)Cc2ccccc2)c1. The highest BCUT2D eigenvalue weighted by Gasteiger charge is 2.09. The Morgan fingerprint density at radius 2 is 1.72 bits per heavy atom. The highest BCUT2D eigenvalue weighted by atomic mass is 35.5. The van der Waals surface area contributed by atoms with Gasteiger partial charge in [0.15, 0.2) is 0 Å². The second-order valence-electron chi connectivity index (χ2n) is 5.07. The quantitative estimate of drug-likeness (QED) is 0.691. The lowest BCUT2D eigenvalue weighted by molar-refractivity contribution is -0.131. The summed E-state index contributed by atoms with van der Waals surface area (Å²) in [6.07, 6.45) is 1.81. The Labute approximate surface area is 149 Å². The van der Waals surface area contributed by atoms with Crippen LogP contribution in [0, 0.1) is 0 Å². The number of benzene rings is 2. The van der Waals surface area contributed by atoms with Gasteiger partial charge < -0.3 is 15.7 Å². The lowest BCUT2D eigenvalue weighted by atomic mass is 10.1. The molecule has 0 heterocycles. The van der Waals surface area contributed by atoms with E-state index in [2.05, 4.69) is 10.6 Å². The van der Waals surface area contributed by atoms with E-state index in [0.29, 0.717) is 16.4 Å². The highest BCUT2D eigenvalue weighted by molar-refractivity contribution is 6.33. The van der Waals surface area contributed by atoms with Crippen molar-refractivity contribution in [1.82, 2.24) is 0 Å². The Kier molecular flexibility index (Phi) is 6.31. The molecule has 0 bridgehead atoms. The molecule has 0 saturated carbocycles. The number of aliphatic carboxylic acids is 1. The van der Waals surface area contributed by atoms with Crippen molar-refractivity contribution < 1.29 is 19.5 Å². The maximum absolute atomic E-state index is 12.1. The lowest BCUT2D eigenvalue weighted by Gasteiger charge is -2.10. The van der Waals surface area contributed by atoms with Gasteiger partial charge in [0, 0.05) is 17.8 Å². The van der Waals surface area contributed by atoms with Crippen molar-refractivity contribution in [3.8, 4) is 0 Å². The summed E-state index contributed by atoms with van der Waals surface area (Å²) in [5.41, 5.74) is 1.58. The van der Waals surface area contributed by atoms with Gasteiger partial charge in [0.25, 0.3) is 0 Å². The van der Waals surface area contributed by atoms with Gasteiger partial charge in [-0.05, 0) is 23.8 Å². The average Bonchev–Trinajstić information content (AvgIpc) is 2.57. The monoisotopic (exact) mass is 358 g/mol. The van der Waals surface area contributed by atoms with Gasteiger partial charge in [-0.1, -0.05) is 41.9 Å². The normalized spacial score (nSPS) is 10.4. The molecule has 25 heavy (non-hydrogen) atoms. The maximum Gasteiger partial charge on any atom is 0.328 e. The van der Waals surface area contributed by atoms with Crippen LogP contribution < -0.4 is 10.6 Å². The molecule has 0 aliphatic carbocycles. The fourth-order valence-corrected chi connectivity index (χ4v) is 2.17. The molecule has 3 N–H and O–H groups in total. The molecule has 0 aromatic heterocycles. The fourth-order valence-electron chi connectivity index (χ4n) is 2.01. The zero-order valence-corrected chi connectivity index (χ0v) is 13.8. The summed E-state index contributed by atoms with van der Waals surface area (Å²) < 4.78 is 0. The third-order valence-corrected chi connectivity index (χ3v) is 3.42. The minimum atomic E-state index is -1.22. The van der Waals surface area contributed by atoms with E-state index in [4.69, 9.17) is 16.7 Å². The number of nitrogens with one attached hydrogen (secondary N) is 2. The van der Waals surface area contributed by atoms with Crippen molar-refractivity contribution >= 4 is 40.8 Å². The predicted octanol–water partition coefficient (Wildman–Crippen LogP) is 3.10. The largest absolute Gasteiger partial charge is 0.478 e. The molecular formula is C18H15ClN2O4. The lowest BCUT2D eigenvalue weighted by Crippen LogP contribution is -2.15. The second-order valence-corrected chi connectivity index (χ2v) is 5.47. The number of carboxylic acid groups (broad SMARTS) is 1. The first-order chi connectivity index (χ1) is 11.9. The molecule has 0 atom stereocenters. The number of halogens is 1. The van der Waals surface area contributed by atoms with Crippen LogP contribution in [0.4, 0.5) is 11.4 Å². The number of carbonyl (C=O) groups excluding carboxylic acids is 2. The molecular weight excluding hydrogens is 344 g/mol. The highest BCUT2D eigenvalue weighted by Crippen LogP contribution is 2.25. The number of carboxylic acids is 1. The van der Waals surface area contributed by atoms with Crippen LogP contribution in [0.2, 0.25) is 5.02 Å². The number of carbonyl (C=O) groups is 3. The van der Waals surface area contributed by atoms with Gasteiger partial charge in [-0.25, -0.2) is 4.79 Å². The smallest absolute Gasteiger partial charge is 0.328 e. The third-order valence-electron chi connectivity index (χ3n) is 3.09. The van der Waals surface area contributed by atoms with Crippen molar-refractivity contribution in [1.29, 1.82) is 0 Å². The van der Waals surface area contributed by atoms with E-state index in [9.17, 15) is 14.4 Å². The van der Waals surface area contributed by atoms with Gasteiger partial charge in [-0.3, -0.25) is 9.59 Å². The molecule has 2 rings (SSSR count). The minimum absolute atomic E-state index is 0.190. The Balaban J connectivity index is 2.04. The summed E-state index contributed by atoms with van der Waals surface area (Å²) >= 11 is 6.06. The van der Waals surface area contributed by atoms with Gasteiger partial charge in [-0.2, -0.15) is 0 Å². The number of hydrogen-bond donors (Lipinski definition) is 3. The van der Waals surface area contributed by atoms with Gasteiger partial charge in [-0.15, -0.1) is 0 Å². The van der Waals surface area contributed by atoms with E-state index >= 15 is 0 Å². The van der Waals surface area contributed by atoms with Crippen LogP contribution in [0.1, 0.15) is 5.56 Å². The van der Waals surface area contributed by atoms with Crippen molar-refractivity contribution in [3.63, 3.8) is 0 Å². The van der Waals surface area contributed by atoms with Crippen molar-refractivity contribution in [2.24, 2.45) is 0 Å². The molecule has 128 valence electrons. The summed E-state index contributed by atoms with van der Waals surface area (Å²) in [4.78, 5) is 34.1. The first-order valence-electron chi connectivity index (χ1n) is 7.29. The molecule has 6 nitrogen and oxygen atoms in total. The number of amides is 2. The van der Waals surface area contributed by atoms with Crippen LogP contribution in [0.5, 0.6) is 0 Å². The van der Waals surface area contributed by atoms with Crippen LogP contribution in [0.25, 0.3) is 0 Å². The molecule has 2 aromatic rings. The molecule has 7 heteroatoms. The zero-order valence-electron chi connectivity index (χ0n) is 13.0. The topological polar surface area (TPSA) is 95.5 Å². The van der Waals surface area contributed by atoms with Gasteiger partial charge >= 0.3 is 5.97 Å². The van der Waals surface area contributed by atoms with E-state index < -0.39 is 11.9 Å². The standard InChI is InChI=1S/C18H15ClN2O4/c19-14-7-6-13(20-16(22)8-9-18(24)25)11-15(14)21-17(23)10-12-4-2-1-3-5-12/h1-9,11H,10H2,(H,20,22)(H,21,23)(H,24,25). The Hall–Kier alpha value is -3.12. The molecule has 2 amide bonds. The number of rotatable bonds is 6. The zero-order chi connectivity index (χ0) is 18.2. The molecule has 0 aliphatic rings. The third kappa shape index (κ3) is 6.12. The summed E-state index contributed by atoms with van der Waals surface area (Å²) in [6.45, 7) is 0. The van der Waals surface area contributed by atoms with Crippen LogP contribution in [-0.2, 0) is 20.8 Å². The predicted molar refractivity (Wildman–Crippen MR) is 95.6 cm³/mol. The number of anilines is 2. The Morgan fingerprint density at radius 3 is 2.40 bits per heavy atom. The van der Waals surface area contributed by atoms with Crippen LogP contribution >= 0.6 is 11.6 Å². The molecule has 0 saturated heterocycles. The average molecular weight is 359 g/mol. The maximum atomic E-state index is 12.1. The molecule has 0 unspecified atom stereocenters. The summed E-state index contributed by atoms with van der Waals surface area (Å²) in [7, 11) is 0. The van der Waals surface area contributed by atoms with Crippen LogP contribution in [0.15, 0.2) is 60.7 Å². The summed E-state index contributed by atoms with van der Waals surface area (Å²) in [5, 5.41) is 14.0. The van der Waals surface area contributed by atoms with E-state index in [0.717, 1.165) is 17.7 Å².